The summed E-state index contributed by atoms with van der Waals surface area (Å²) >= 11 is 0. The summed E-state index contributed by atoms with van der Waals surface area (Å²) in [6, 6.07) is 17.8. The maximum Gasteiger partial charge on any atom is 0.411 e. The Bertz CT molecular complexity index is 938. The van der Waals surface area contributed by atoms with Gasteiger partial charge in [0.1, 0.15) is 5.60 Å². The maximum atomic E-state index is 13.2. The topological polar surface area (TPSA) is 75.7 Å². The van der Waals surface area contributed by atoms with E-state index in [4.69, 9.17) is 4.74 Å². The van der Waals surface area contributed by atoms with Crippen molar-refractivity contribution in [2.24, 2.45) is 0 Å². The third kappa shape index (κ3) is 7.26. The molecule has 1 N–H and O–H groups in total. The van der Waals surface area contributed by atoms with Crippen LogP contribution in [-0.4, -0.2) is 53.3 Å². The van der Waals surface area contributed by atoms with Gasteiger partial charge in [0.25, 0.3) is 0 Å². The lowest BCUT2D eigenvalue weighted by Crippen LogP contribution is -2.56. The molecule has 3 rings (SSSR count). The highest BCUT2D eigenvalue weighted by Crippen LogP contribution is 2.26. The van der Waals surface area contributed by atoms with Crippen molar-refractivity contribution in [3.8, 4) is 0 Å². The Morgan fingerprint density at radius 1 is 0.879 bits per heavy atom. The standard InChI is InChI=1S/C27H34N2O4/c1-27(2,3)33-26(32)29(19-25(31)21-14-8-5-9-15-21)23-17-11-10-16-22(23)28-18-24(30)20-12-6-4-7-13-20/h4-9,12-15,22-23,28H,10-11,16-19H2,1-3H3/t22-,23-/m1/s1. The van der Waals surface area contributed by atoms with Crippen molar-refractivity contribution >= 4 is 17.7 Å². The van der Waals surface area contributed by atoms with Crippen molar-refractivity contribution in [3.63, 3.8) is 0 Å². The number of Topliss-reactive ketones (excluding diaryl/α,β-unsaturated/α-hetero) is 2. The van der Waals surface area contributed by atoms with Crippen molar-refractivity contribution in [1.29, 1.82) is 0 Å². The zero-order valence-electron chi connectivity index (χ0n) is 19.8. The lowest BCUT2D eigenvalue weighted by Gasteiger charge is -2.40. The summed E-state index contributed by atoms with van der Waals surface area (Å²) in [5.41, 5.74) is 0.540. The first-order valence-electron chi connectivity index (χ1n) is 11.6. The fraction of sp³-hybridized carbons (Fsp3) is 0.444. The summed E-state index contributed by atoms with van der Waals surface area (Å²) < 4.78 is 5.67. The minimum Gasteiger partial charge on any atom is -0.444 e. The summed E-state index contributed by atoms with van der Waals surface area (Å²) in [6.07, 6.45) is 3.03. The summed E-state index contributed by atoms with van der Waals surface area (Å²) in [4.78, 5) is 40.4. The van der Waals surface area contributed by atoms with Crippen LogP contribution in [0.4, 0.5) is 4.79 Å². The summed E-state index contributed by atoms with van der Waals surface area (Å²) in [6.45, 7) is 5.57. The van der Waals surface area contributed by atoms with Gasteiger partial charge >= 0.3 is 6.09 Å². The van der Waals surface area contributed by atoms with Gasteiger partial charge in [-0.1, -0.05) is 73.5 Å². The van der Waals surface area contributed by atoms with Crippen LogP contribution >= 0.6 is 0 Å². The SMILES string of the molecule is CC(C)(C)OC(=O)N(CC(=O)c1ccccc1)[C@@H]1CCCC[C@H]1NCC(=O)c1ccccc1. The van der Waals surface area contributed by atoms with E-state index in [1.165, 1.54) is 0 Å². The van der Waals surface area contributed by atoms with Gasteiger partial charge in [-0.25, -0.2) is 4.79 Å². The predicted molar refractivity (Wildman–Crippen MR) is 129 cm³/mol. The van der Waals surface area contributed by atoms with Crippen LogP contribution in [0, 0.1) is 0 Å². The number of benzene rings is 2. The molecule has 0 radical (unpaired) electrons. The number of rotatable bonds is 8. The minimum atomic E-state index is -0.675. The summed E-state index contributed by atoms with van der Waals surface area (Å²) in [5, 5.41) is 3.37. The van der Waals surface area contributed by atoms with Gasteiger partial charge in [0.2, 0.25) is 0 Å². The first kappa shape index (κ1) is 24.6. The Labute approximate surface area is 196 Å². The zero-order chi connectivity index (χ0) is 23.8. The van der Waals surface area contributed by atoms with E-state index in [1.54, 1.807) is 29.2 Å². The molecule has 6 heteroatoms. The second kappa shape index (κ2) is 11.2. The molecule has 0 aliphatic heterocycles. The number of hydrogen-bond donors (Lipinski definition) is 1. The number of ether oxygens (including phenoxy) is 1. The quantitative estimate of drug-likeness (QED) is 0.580. The van der Waals surface area contributed by atoms with Crippen LogP contribution in [0.3, 0.4) is 0 Å². The van der Waals surface area contributed by atoms with E-state index in [-0.39, 0.29) is 36.7 Å². The molecule has 1 amide bonds. The Morgan fingerprint density at radius 2 is 1.42 bits per heavy atom. The Morgan fingerprint density at radius 3 is 2.00 bits per heavy atom. The average Bonchev–Trinajstić information content (AvgIpc) is 2.81. The molecule has 1 saturated carbocycles. The van der Waals surface area contributed by atoms with Gasteiger partial charge in [-0.05, 0) is 33.6 Å². The monoisotopic (exact) mass is 450 g/mol. The maximum absolute atomic E-state index is 13.2. The molecule has 176 valence electrons. The van der Waals surface area contributed by atoms with Crippen LogP contribution < -0.4 is 5.32 Å². The Hall–Kier alpha value is -2.99. The van der Waals surface area contributed by atoms with E-state index in [9.17, 15) is 14.4 Å². The van der Waals surface area contributed by atoms with E-state index >= 15 is 0 Å². The number of nitrogens with one attached hydrogen (secondary N) is 1. The van der Waals surface area contributed by atoms with E-state index in [1.807, 2.05) is 57.2 Å². The van der Waals surface area contributed by atoms with Crippen LogP contribution in [0.1, 0.15) is 67.2 Å². The van der Waals surface area contributed by atoms with E-state index in [0.29, 0.717) is 11.1 Å². The van der Waals surface area contributed by atoms with Gasteiger partial charge in [-0.15, -0.1) is 0 Å². The lowest BCUT2D eigenvalue weighted by atomic mass is 9.88. The molecule has 0 saturated heterocycles. The molecule has 0 bridgehead atoms. The van der Waals surface area contributed by atoms with E-state index < -0.39 is 11.7 Å². The van der Waals surface area contributed by atoms with Crippen LogP contribution in [0.25, 0.3) is 0 Å². The largest absolute Gasteiger partial charge is 0.444 e. The second-order valence-electron chi connectivity index (χ2n) is 9.53. The van der Waals surface area contributed by atoms with Crippen LogP contribution in [0.2, 0.25) is 0 Å². The number of carbonyl (C=O) groups is 3. The minimum absolute atomic E-state index is 0.00380. The third-order valence-corrected chi connectivity index (χ3v) is 5.79. The fourth-order valence-corrected chi connectivity index (χ4v) is 4.18. The Balaban J connectivity index is 1.77. The molecule has 1 fully saturated rings. The highest BCUT2D eigenvalue weighted by molar-refractivity contribution is 5.99. The number of amides is 1. The third-order valence-electron chi connectivity index (χ3n) is 5.79. The van der Waals surface area contributed by atoms with E-state index in [2.05, 4.69) is 5.32 Å². The smallest absolute Gasteiger partial charge is 0.411 e. The van der Waals surface area contributed by atoms with Crippen molar-refractivity contribution in [1.82, 2.24) is 10.2 Å². The van der Waals surface area contributed by atoms with Gasteiger partial charge in [-0.3, -0.25) is 14.5 Å². The van der Waals surface area contributed by atoms with Crippen LogP contribution in [-0.2, 0) is 4.74 Å². The van der Waals surface area contributed by atoms with Gasteiger partial charge in [-0.2, -0.15) is 0 Å². The van der Waals surface area contributed by atoms with E-state index in [0.717, 1.165) is 25.7 Å². The van der Waals surface area contributed by atoms with Crippen molar-refractivity contribution in [3.05, 3.63) is 71.8 Å². The van der Waals surface area contributed by atoms with Gasteiger partial charge in [0.05, 0.1) is 19.1 Å². The predicted octanol–water partition coefficient (Wildman–Crippen LogP) is 4.89. The fourth-order valence-electron chi connectivity index (χ4n) is 4.18. The number of ketones is 2. The molecule has 6 nitrogen and oxygen atoms in total. The van der Waals surface area contributed by atoms with Crippen molar-refractivity contribution < 1.29 is 19.1 Å². The molecule has 0 unspecified atom stereocenters. The molecule has 0 heterocycles. The number of carbonyl (C=O) groups excluding carboxylic acids is 3. The molecule has 33 heavy (non-hydrogen) atoms. The van der Waals surface area contributed by atoms with Crippen molar-refractivity contribution in [2.45, 2.75) is 64.1 Å². The second-order valence-corrected chi connectivity index (χ2v) is 9.53. The highest BCUT2D eigenvalue weighted by Gasteiger charge is 2.36. The molecule has 1 aliphatic carbocycles. The molecular formula is C27H34N2O4. The molecule has 2 atom stereocenters. The summed E-state index contributed by atoms with van der Waals surface area (Å²) in [5.74, 6) is -0.129. The normalized spacial score (nSPS) is 18.4. The van der Waals surface area contributed by atoms with Gasteiger partial charge in [0, 0.05) is 17.2 Å². The first-order chi connectivity index (χ1) is 15.7. The Kier molecular flexibility index (Phi) is 8.39. The van der Waals surface area contributed by atoms with Crippen LogP contribution in [0.15, 0.2) is 60.7 Å². The van der Waals surface area contributed by atoms with Gasteiger partial charge < -0.3 is 10.1 Å². The molecule has 1 aliphatic rings. The molecule has 0 aromatic heterocycles. The molecule has 2 aromatic carbocycles. The highest BCUT2D eigenvalue weighted by atomic mass is 16.6. The van der Waals surface area contributed by atoms with Crippen molar-refractivity contribution in [2.75, 3.05) is 13.1 Å². The first-order valence-corrected chi connectivity index (χ1v) is 11.6. The zero-order valence-corrected chi connectivity index (χ0v) is 19.8. The summed E-state index contributed by atoms with van der Waals surface area (Å²) in [7, 11) is 0. The molecule has 0 spiro atoms. The lowest BCUT2D eigenvalue weighted by molar-refractivity contribution is 0.00832. The van der Waals surface area contributed by atoms with Crippen LogP contribution in [0.5, 0.6) is 0 Å². The number of nitrogens with zero attached hydrogens (tertiary/aromatic N) is 1. The van der Waals surface area contributed by atoms with Gasteiger partial charge in [0.15, 0.2) is 11.6 Å². The molecular weight excluding hydrogens is 416 g/mol. The average molecular weight is 451 g/mol. The number of hydrogen-bond acceptors (Lipinski definition) is 5. The molecule has 2 aromatic rings.